The molecular formula is C27H36N4O4. The minimum absolute atomic E-state index is 0.0761. The van der Waals surface area contributed by atoms with Gasteiger partial charge in [0, 0.05) is 30.9 Å². The first-order valence-electron chi connectivity index (χ1n) is 12.1. The van der Waals surface area contributed by atoms with Crippen molar-refractivity contribution in [2.45, 2.75) is 39.7 Å². The van der Waals surface area contributed by atoms with Crippen LogP contribution < -0.4 is 20.7 Å². The summed E-state index contributed by atoms with van der Waals surface area (Å²) in [5.41, 5.74) is 2.34. The Morgan fingerprint density at radius 2 is 1.63 bits per heavy atom. The summed E-state index contributed by atoms with van der Waals surface area (Å²) in [5, 5.41) is 8.83. The minimum Gasteiger partial charge on any atom is -0.497 e. The van der Waals surface area contributed by atoms with Gasteiger partial charge in [0.05, 0.1) is 7.11 Å². The lowest BCUT2D eigenvalue weighted by Gasteiger charge is -2.36. The number of carbonyl (C=O) groups is 3. The molecule has 8 heteroatoms. The van der Waals surface area contributed by atoms with E-state index in [0.29, 0.717) is 49.7 Å². The number of aryl methyl sites for hydroxylation is 1. The molecular weight excluding hydrogens is 444 g/mol. The molecule has 0 radical (unpaired) electrons. The molecule has 3 N–H and O–H groups in total. The summed E-state index contributed by atoms with van der Waals surface area (Å²) in [4.78, 5) is 40.5. The number of urea groups is 1. The molecule has 8 nitrogen and oxygen atoms in total. The van der Waals surface area contributed by atoms with Crippen molar-refractivity contribution in [2.24, 2.45) is 11.8 Å². The summed E-state index contributed by atoms with van der Waals surface area (Å²) in [7, 11) is 1.57. The molecule has 0 spiro atoms. The van der Waals surface area contributed by atoms with E-state index in [0.717, 1.165) is 11.3 Å². The van der Waals surface area contributed by atoms with Gasteiger partial charge in [-0.05, 0) is 68.0 Å². The monoisotopic (exact) mass is 480 g/mol. The number of piperidine rings is 1. The van der Waals surface area contributed by atoms with Gasteiger partial charge in [-0.15, -0.1) is 0 Å². The normalized spacial score (nSPS) is 14.8. The van der Waals surface area contributed by atoms with Gasteiger partial charge in [-0.1, -0.05) is 31.5 Å². The minimum atomic E-state index is -0.675. The summed E-state index contributed by atoms with van der Waals surface area (Å²) in [5.74, 6) is 0.376. The second-order valence-corrected chi connectivity index (χ2v) is 9.44. The summed E-state index contributed by atoms with van der Waals surface area (Å²) >= 11 is 0. The molecule has 0 unspecified atom stereocenters. The number of methoxy groups -OCH3 is 1. The third-order valence-corrected chi connectivity index (χ3v) is 6.21. The highest BCUT2D eigenvalue weighted by molar-refractivity contribution is 5.97. The van der Waals surface area contributed by atoms with E-state index < -0.39 is 6.04 Å². The van der Waals surface area contributed by atoms with Crippen molar-refractivity contribution in [3.63, 3.8) is 0 Å². The Balaban J connectivity index is 1.63. The fourth-order valence-electron chi connectivity index (χ4n) is 4.05. The molecule has 0 bridgehead atoms. The molecule has 1 saturated heterocycles. The average Bonchev–Trinajstić information content (AvgIpc) is 2.87. The number of rotatable bonds is 8. The van der Waals surface area contributed by atoms with Gasteiger partial charge in [0.1, 0.15) is 11.8 Å². The van der Waals surface area contributed by atoms with Crippen LogP contribution >= 0.6 is 0 Å². The molecule has 188 valence electrons. The second-order valence-electron chi connectivity index (χ2n) is 9.44. The van der Waals surface area contributed by atoms with Gasteiger partial charge >= 0.3 is 6.03 Å². The van der Waals surface area contributed by atoms with Crippen LogP contribution in [0, 0.1) is 18.8 Å². The largest absolute Gasteiger partial charge is 0.497 e. The van der Waals surface area contributed by atoms with Crippen LogP contribution in [0.3, 0.4) is 0 Å². The van der Waals surface area contributed by atoms with E-state index in [-0.39, 0.29) is 23.8 Å². The lowest BCUT2D eigenvalue weighted by molar-refractivity contribution is -0.124. The predicted octanol–water partition coefficient (Wildman–Crippen LogP) is 3.82. The Hall–Kier alpha value is -3.55. The van der Waals surface area contributed by atoms with Gasteiger partial charge in [-0.3, -0.25) is 9.59 Å². The zero-order valence-corrected chi connectivity index (χ0v) is 21.0. The molecule has 1 heterocycles. The number of amides is 4. The molecule has 2 aromatic carbocycles. The van der Waals surface area contributed by atoms with E-state index in [1.54, 1.807) is 36.3 Å². The number of benzene rings is 2. The van der Waals surface area contributed by atoms with Crippen molar-refractivity contribution in [1.82, 2.24) is 15.5 Å². The smallest absolute Gasteiger partial charge is 0.321 e. The topological polar surface area (TPSA) is 99.8 Å². The molecule has 1 atom stereocenters. The Kier molecular flexibility index (Phi) is 9.11. The number of carbonyl (C=O) groups excluding carboxylic acids is 3. The highest BCUT2D eigenvalue weighted by Crippen LogP contribution is 2.23. The number of ether oxygens (including phenoxy) is 1. The van der Waals surface area contributed by atoms with Crippen molar-refractivity contribution in [3.05, 3.63) is 59.7 Å². The number of anilines is 1. The molecule has 1 aliphatic heterocycles. The van der Waals surface area contributed by atoms with Gasteiger partial charge in [0.2, 0.25) is 5.91 Å². The molecule has 4 amide bonds. The second kappa shape index (κ2) is 12.2. The third-order valence-electron chi connectivity index (χ3n) is 6.21. The Morgan fingerprint density at radius 1 is 1.00 bits per heavy atom. The van der Waals surface area contributed by atoms with Crippen molar-refractivity contribution < 1.29 is 19.1 Å². The quantitative estimate of drug-likeness (QED) is 0.535. The van der Waals surface area contributed by atoms with Crippen LogP contribution in [0.5, 0.6) is 5.75 Å². The average molecular weight is 481 g/mol. The lowest BCUT2D eigenvalue weighted by Crippen LogP contribution is -2.54. The first-order valence-corrected chi connectivity index (χ1v) is 12.1. The van der Waals surface area contributed by atoms with Crippen molar-refractivity contribution in [1.29, 1.82) is 0 Å². The van der Waals surface area contributed by atoms with Gasteiger partial charge in [-0.2, -0.15) is 0 Å². The van der Waals surface area contributed by atoms with E-state index in [1.807, 2.05) is 45.0 Å². The van der Waals surface area contributed by atoms with Gasteiger partial charge in [-0.25, -0.2) is 4.79 Å². The van der Waals surface area contributed by atoms with Gasteiger partial charge < -0.3 is 25.6 Å². The van der Waals surface area contributed by atoms with Crippen LogP contribution in [-0.4, -0.2) is 55.5 Å². The predicted molar refractivity (Wildman–Crippen MR) is 137 cm³/mol. The van der Waals surface area contributed by atoms with Crippen LogP contribution in [0.15, 0.2) is 48.5 Å². The molecule has 0 aromatic heterocycles. The Labute approximate surface area is 207 Å². The summed E-state index contributed by atoms with van der Waals surface area (Å²) in [6, 6.07) is 13.6. The Bertz CT molecular complexity index is 997. The van der Waals surface area contributed by atoms with E-state index in [2.05, 4.69) is 16.0 Å². The molecule has 1 aliphatic rings. The fraction of sp³-hybridized carbons (Fsp3) is 0.444. The molecule has 2 aromatic rings. The Morgan fingerprint density at radius 3 is 2.20 bits per heavy atom. The first-order chi connectivity index (χ1) is 16.8. The number of likely N-dealkylation sites (tertiary alicyclic amines) is 1. The van der Waals surface area contributed by atoms with Gasteiger partial charge in [0.25, 0.3) is 5.91 Å². The number of hydrogen-bond donors (Lipinski definition) is 3. The standard InChI is InChI=1S/C27H36N4O4/c1-18(2)17-28-26(33)24(30-25(32)21-7-11-23(35-4)12-8-21)20-13-15-31(16-14-20)27(34)29-22-9-5-19(3)6-10-22/h5-12,18,20,24H,13-17H2,1-4H3,(H,28,33)(H,29,34)(H,30,32)/t24-/m1/s1. The summed E-state index contributed by atoms with van der Waals surface area (Å²) < 4.78 is 5.16. The van der Waals surface area contributed by atoms with Crippen LogP contribution in [0.2, 0.25) is 0 Å². The van der Waals surface area contributed by atoms with Crippen LogP contribution in [0.25, 0.3) is 0 Å². The fourth-order valence-corrected chi connectivity index (χ4v) is 4.05. The maximum atomic E-state index is 13.1. The molecule has 0 aliphatic carbocycles. The van der Waals surface area contributed by atoms with Crippen molar-refractivity contribution >= 4 is 23.5 Å². The number of hydrogen-bond acceptors (Lipinski definition) is 4. The highest BCUT2D eigenvalue weighted by atomic mass is 16.5. The molecule has 1 fully saturated rings. The SMILES string of the molecule is COc1ccc(C(=O)N[C@@H](C(=O)NCC(C)C)C2CCN(C(=O)Nc3ccc(C)cc3)CC2)cc1. The summed E-state index contributed by atoms with van der Waals surface area (Å²) in [6.07, 6.45) is 1.23. The number of nitrogens with one attached hydrogen (secondary N) is 3. The maximum absolute atomic E-state index is 13.1. The van der Waals surface area contributed by atoms with E-state index in [4.69, 9.17) is 4.74 Å². The number of nitrogens with zero attached hydrogens (tertiary/aromatic N) is 1. The van der Waals surface area contributed by atoms with E-state index in [1.165, 1.54) is 0 Å². The van der Waals surface area contributed by atoms with E-state index in [9.17, 15) is 14.4 Å². The molecule has 0 saturated carbocycles. The zero-order chi connectivity index (χ0) is 25.4. The van der Waals surface area contributed by atoms with Crippen molar-refractivity contribution in [3.8, 4) is 5.75 Å². The molecule has 3 rings (SSSR count). The maximum Gasteiger partial charge on any atom is 0.321 e. The molecule has 35 heavy (non-hydrogen) atoms. The van der Waals surface area contributed by atoms with Crippen LogP contribution in [-0.2, 0) is 4.79 Å². The zero-order valence-electron chi connectivity index (χ0n) is 21.0. The highest BCUT2D eigenvalue weighted by Gasteiger charge is 2.34. The van der Waals surface area contributed by atoms with E-state index >= 15 is 0 Å². The van der Waals surface area contributed by atoms with Gasteiger partial charge in [0.15, 0.2) is 0 Å². The van der Waals surface area contributed by atoms with Crippen molar-refractivity contribution in [2.75, 3.05) is 32.1 Å². The first kappa shape index (κ1) is 26.1. The summed E-state index contributed by atoms with van der Waals surface area (Å²) in [6.45, 7) is 7.60. The lowest BCUT2D eigenvalue weighted by atomic mass is 9.88. The van der Waals surface area contributed by atoms with Crippen LogP contribution in [0.4, 0.5) is 10.5 Å². The van der Waals surface area contributed by atoms with Crippen LogP contribution in [0.1, 0.15) is 42.6 Å². The third kappa shape index (κ3) is 7.47.